The van der Waals surface area contributed by atoms with E-state index in [1.54, 1.807) is 0 Å². The fraction of sp³-hybridized carbons (Fsp3) is 0.357. The quantitative estimate of drug-likeness (QED) is 0.669. The van der Waals surface area contributed by atoms with Crippen LogP contribution in [0, 0.1) is 5.92 Å². The number of hydrogen-bond acceptors (Lipinski definition) is 5. The van der Waals surface area contributed by atoms with Crippen LogP contribution < -0.4 is 5.32 Å². The van der Waals surface area contributed by atoms with E-state index in [2.05, 4.69) is 14.8 Å². The first kappa shape index (κ1) is 16.6. The van der Waals surface area contributed by atoms with Crippen LogP contribution in [0.3, 0.4) is 0 Å². The summed E-state index contributed by atoms with van der Waals surface area (Å²) in [6.45, 7) is 0. The molecule has 1 aromatic carbocycles. The molecule has 0 aliphatic heterocycles. The SMILES string of the molecule is COC(=O)c1cc(NC(=O)[C@@H]2CC2(Cl)Cl)cc(C(=O)OC)c1. The average molecular weight is 346 g/mol. The Bertz CT molecular complexity index is 610. The predicted molar refractivity (Wildman–Crippen MR) is 80.3 cm³/mol. The van der Waals surface area contributed by atoms with Crippen molar-refractivity contribution >= 4 is 46.7 Å². The number of anilines is 1. The van der Waals surface area contributed by atoms with Gasteiger partial charge in [-0.3, -0.25) is 4.79 Å². The van der Waals surface area contributed by atoms with Crippen molar-refractivity contribution in [3.8, 4) is 0 Å². The van der Waals surface area contributed by atoms with Crippen molar-refractivity contribution in [2.45, 2.75) is 10.8 Å². The summed E-state index contributed by atoms with van der Waals surface area (Å²) in [6, 6.07) is 4.10. The lowest BCUT2D eigenvalue weighted by Crippen LogP contribution is -2.18. The number of carbonyl (C=O) groups excluding carboxylic acids is 3. The molecule has 1 N–H and O–H groups in total. The smallest absolute Gasteiger partial charge is 0.337 e. The molecule has 0 radical (unpaired) electrons. The third-order valence-corrected chi connectivity index (χ3v) is 4.02. The van der Waals surface area contributed by atoms with Gasteiger partial charge in [-0.25, -0.2) is 9.59 Å². The monoisotopic (exact) mass is 345 g/mol. The molecule has 2 rings (SSSR count). The van der Waals surface area contributed by atoms with E-state index in [0.717, 1.165) is 0 Å². The zero-order chi connectivity index (χ0) is 16.5. The minimum absolute atomic E-state index is 0.111. The van der Waals surface area contributed by atoms with Crippen LogP contribution in [0.1, 0.15) is 27.1 Å². The Hall–Kier alpha value is -1.79. The average Bonchev–Trinajstić information content (AvgIpc) is 3.14. The highest BCUT2D eigenvalue weighted by Gasteiger charge is 2.56. The second kappa shape index (κ2) is 6.14. The molecule has 22 heavy (non-hydrogen) atoms. The molecule has 0 saturated heterocycles. The van der Waals surface area contributed by atoms with Crippen LogP contribution in [-0.4, -0.2) is 36.4 Å². The fourth-order valence-electron chi connectivity index (χ4n) is 1.90. The van der Waals surface area contributed by atoms with Crippen molar-refractivity contribution in [2.24, 2.45) is 5.92 Å². The number of alkyl halides is 2. The lowest BCUT2D eigenvalue weighted by atomic mass is 10.1. The number of ether oxygens (including phenoxy) is 2. The summed E-state index contributed by atoms with van der Waals surface area (Å²) in [5, 5.41) is 2.57. The summed E-state index contributed by atoms with van der Waals surface area (Å²) in [7, 11) is 2.43. The third kappa shape index (κ3) is 3.51. The normalized spacial score (nSPS) is 18.3. The number of rotatable bonds is 4. The van der Waals surface area contributed by atoms with E-state index in [0.29, 0.717) is 6.42 Å². The van der Waals surface area contributed by atoms with E-state index in [-0.39, 0.29) is 22.7 Å². The maximum absolute atomic E-state index is 12.0. The minimum Gasteiger partial charge on any atom is -0.465 e. The van der Waals surface area contributed by atoms with Crippen molar-refractivity contribution in [2.75, 3.05) is 19.5 Å². The maximum Gasteiger partial charge on any atom is 0.337 e. The van der Waals surface area contributed by atoms with Gasteiger partial charge in [0, 0.05) is 5.69 Å². The molecule has 1 aliphatic rings. The Balaban J connectivity index is 2.28. The number of halogens is 2. The first-order valence-corrected chi connectivity index (χ1v) is 7.04. The van der Waals surface area contributed by atoms with E-state index in [1.165, 1.54) is 32.4 Å². The van der Waals surface area contributed by atoms with Crippen LogP contribution in [0.4, 0.5) is 5.69 Å². The standard InChI is InChI=1S/C14H13Cl2NO5/c1-21-12(19)7-3-8(13(20)22-2)5-9(4-7)17-11(18)10-6-14(10,15)16/h3-5,10H,6H2,1-2H3,(H,17,18)/t10-/m0/s1. The predicted octanol–water partition coefficient (Wildman–Crippen LogP) is 2.39. The summed E-state index contributed by atoms with van der Waals surface area (Å²) in [5.74, 6) is -2.20. The third-order valence-electron chi connectivity index (χ3n) is 3.19. The molecular formula is C14H13Cl2NO5. The highest BCUT2D eigenvalue weighted by molar-refractivity contribution is 6.52. The van der Waals surface area contributed by atoms with Gasteiger partial charge in [0.2, 0.25) is 5.91 Å². The van der Waals surface area contributed by atoms with Gasteiger partial charge in [-0.15, -0.1) is 23.2 Å². The van der Waals surface area contributed by atoms with E-state index in [9.17, 15) is 14.4 Å². The molecule has 1 atom stereocenters. The zero-order valence-electron chi connectivity index (χ0n) is 11.8. The molecule has 1 fully saturated rings. The first-order valence-electron chi connectivity index (χ1n) is 6.29. The number of amides is 1. The van der Waals surface area contributed by atoms with Crippen LogP contribution in [0.2, 0.25) is 0 Å². The number of hydrogen-bond donors (Lipinski definition) is 1. The number of carbonyl (C=O) groups is 3. The van der Waals surface area contributed by atoms with Crippen LogP contribution in [0.25, 0.3) is 0 Å². The van der Waals surface area contributed by atoms with Crippen LogP contribution in [0.15, 0.2) is 18.2 Å². The lowest BCUT2D eigenvalue weighted by Gasteiger charge is -2.09. The van der Waals surface area contributed by atoms with E-state index < -0.39 is 22.2 Å². The second-order valence-electron chi connectivity index (χ2n) is 4.79. The molecule has 1 saturated carbocycles. The highest BCUT2D eigenvalue weighted by atomic mass is 35.5. The van der Waals surface area contributed by atoms with Crippen LogP contribution in [0.5, 0.6) is 0 Å². The van der Waals surface area contributed by atoms with Gasteiger partial charge in [0.25, 0.3) is 0 Å². The number of benzene rings is 1. The van der Waals surface area contributed by atoms with Crippen molar-refractivity contribution in [1.29, 1.82) is 0 Å². The molecule has 0 heterocycles. The van der Waals surface area contributed by atoms with Gasteiger partial charge in [-0.1, -0.05) is 0 Å². The summed E-state index contributed by atoms with van der Waals surface area (Å²) in [5.41, 5.74) is 0.475. The van der Waals surface area contributed by atoms with Gasteiger partial charge in [0.05, 0.1) is 31.3 Å². The van der Waals surface area contributed by atoms with Crippen molar-refractivity contribution < 1.29 is 23.9 Å². The highest BCUT2D eigenvalue weighted by Crippen LogP contribution is 2.53. The summed E-state index contributed by atoms with van der Waals surface area (Å²) in [6.07, 6.45) is 0.350. The largest absolute Gasteiger partial charge is 0.465 e. The lowest BCUT2D eigenvalue weighted by molar-refractivity contribution is -0.117. The van der Waals surface area contributed by atoms with Crippen molar-refractivity contribution in [3.05, 3.63) is 29.3 Å². The van der Waals surface area contributed by atoms with E-state index in [1.807, 2.05) is 0 Å². The molecule has 0 bridgehead atoms. The molecule has 8 heteroatoms. The number of esters is 2. The van der Waals surface area contributed by atoms with Crippen molar-refractivity contribution in [3.63, 3.8) is 0 Å². The summed E-state index contributed by atoms with van der Waals surface area (Å²) >= 11 is 11.7. The maximum atomic E-state index is 12.0. The van der Waals surface area contributed by atoms with Crippen LogP contribution in [-0.2, 0) is 14.3 Å². The topological polar surface area (TPSA) is 81.7 Å². The van der Waals surface area contributed by atoms with Gasteiger partial charge >= 0.3 is 11.9 Å². The second-order valence-corrected chi connectivity index (χ2v) is 6.33. The minimum atomic E-state index is -1.06. The van der Waals surface area contributed by atoms with Gasteiger partial charge in [-0.05, 0) is 24.6 Å². The van der Waals surface area contributed by atoms with E-state index >= 15 is 0 Å². The molecule has 118 valence electrons. The van der Waals surface area contributed by atoms with Gasteiger partial charge in [0.1, 0.15) is 4.33 Å². The Labute approximate surface area is 136 Å². The Morgan fingerprint density at radius 3 is 1.91 bits per heavy atom. The number of methoxy groups -OCH3 is 2. The molecule has 1 amide bonds. The summed E-state index contributed by atoms with van der Waals surface area (Å²) in [4.78, 5) is 35.2. The van der Waals surface area contributed by atoms with Gasteiger partial charge in [0.15, 0.2) is 0 Å². The molecule has 1 aliphatic carbocycles. The van der Waals surface area contributed by atoms with Crippen LogP contribution >= 0.6 is 23.2 Å². The molecule has 0 aromatic heterocycles. The molecule has 0 spiro atoms. The molecule has 0 unspecified atom stereocenters. The molecule has 1 aromatic rings. The summed E-state index contributed by atoms with van der Waals surface area (Å²) < 4.78 is 8.16. The van der Waals surface area contributed by atoms with E-state index in [4.69, 9.17) is 23.2 Å². The molecular weight excluding hydrogens is 333 g/mol. The molecule has 6 nitrogen and oxygen atoms in total. The fourth-order valence-corrected chi connectivity index (χ4v) is 2.41. The zero-order valence-corrected chi connectivity index (χ0v) is 13.3. The Kier molecular flexibility index (Phi) is 4.63. The first-order chi connectivity index (χ1) is 10.3. The van der Waals surface area contributed by atoms with Gasteiger partial charge in [-0.2, -0.15) is 0 Å². The Morgan fingerprint density at radius 1 is 1.09 bits per heavy atom. The van der Waals surface area contributed by atoms with Gasteiger partial charge < -0.3 is 14.8 Å². The van der Waals surface area contributed by atoms with Crippen molar-refractivity contribution in [1.82, 2.24) is 0 Å². The Morgan fingerprint density at radius 2 is 1.55 bits per heavy atom. The number of nitrogens with one attached hydrogen (secondary N) is 1.